The van der Waals surface area contributed by atoms with Gasteiger partial charge in [-0.1, -0.05) is 6.07 Å². The Kier molecular flexibility index (Phi) is 3.08. The molecule has 0 unspecified atom stereocenters. The second-order valence-electron chi connectivity index (χ2n) is 3.92. The summed E-state index contributed by atoms with van der Waals surface area (Å²) in [4.78, 5) is 17.9. The number of carbonyl (C=O) groups excluding carboxylic acids is 1. The summed E-state index contributed by atoms with van der Waals surface area (Å²) in [7, 11) is 0. The molecule has 2 N–H and O–H groups in total. The summed E-state index contributed by atoms with van der Waals surface area (Å²) in [5.74, 6) is 0.0738. The van der Waals surface area contributed by atoms with Gasteiger partial charge in [0.05, 0.1) is 6.54 Å². The molecule has 0 radical (unpaired) electrons. The first kappa shape index (κ1) is 10.3. The van der Waals surface area contributed by atoms with Crippen LogP contribution in [0.5, 0.6) is 0 Å². The molecule has 2 heterocycles. The highest BCUT2D eigenvalue weighted by Gasteiger charge is 2.21. The first-order chi connectivity index (χ1) is 7.25. The molecule has 80 valence electrons. The number of nitrogens with two attached hydrogens (primary N) is 1. The molecule has 4 nitrogen and oxygen atoms in total. The molecule has 0 aromatic carbocycles. The fourth-order valence-corrected chi connectivity index (χ4v) is 1.82. The second kappa shape index (κ2) is 4.51. The Morgan fingerprint density at radius 1 is 1.60 bits per heavy atom. The Bertz CT molecular complexity index is 339. The number of aromatic nitrogens is 1. The molecule has 1 aromatic rings. The van der Waals surface area contributed by atoms with Crippen molar-refractivity contribution in [2.45, 2.75) is 12.5 Å². The molecule has 1 aromatic heterocycles. The van der Waals surface area contributed by atoms with Crippen molar-refractivity contribution in [3.63, 3.8) is 0 Å². The van der Waals surface area contributed by atoms with Gasteiger partial charge in [0.1, 0.15) is 5.69 Å². The Morgan fingerprint density at radius 3 is 3.07 bits per heavy atom. The highest BCUT2D eigenvalue weighted by molar-refractivity contribution is 5.95. The van der Waals surface area contributed by atoms with Gasteiger partial charge >= 0.3 is 0 Å². The maximum absolute atomic E-state index is 11.8. The van der Waals surface area contributed by atoms with E-state index in [0.29, 0.717) is 12.2 Å². The maximum Gasteiger partial charge on any atom is 0.195 e. The largest absolute Gasteiger partial charge is 0.326 e. The molecular weight excluding hydrogens is 190 g/mol. The number of Topliss-reactive ketones (excluding diaryl/α,β-unsaturated/α-hetero) is 1. The Balaban J connectivity index is 1.93. The van der Waals surface area contributed by atoms with Gasteiger partial charge in [-0.15, -0.1) is 0 Å². The van der Waals surface area contributed by atoms with Crippen LogP contribution in [0.2, 0.25) is 0 Å². The Labute approximate surface area is 89.1 Å². The first-order valence-electron chi connectivity index (χ1n) is 5.18. The smallest absolute Gasteiger partial charge is 0.195 e. The van der Waals surface area contributed by atoms with Gasteiger partial charge in [0.25, 0.3) is 0 Å². The topological polar surface area (TPSA) is 59.2 Å². The van der Waals surface area contributed by atoms with Crippen LogP contribution in [0.25, 0.3) is 0 Å². The molecule has 0 bridgehead atoms. The lowest BCUT2D eigenvalue weighted by Gasteiger charge is -2.13. The van der Waals surface area contributed by atoms with Crippen LogP contribution in [-0.4, -0.2) is 41.3 Å². The van der Waals surface area contributed by atoms with E-state index < -0.39 is 0 Å². The van der Waals surface area contributed by atoms with Crippen LogP contribution in [0.3, 0.4) is 0 Å². The van der Waals surface area contributed by atoms with E-state index in [2.05, 4.69) is 9.88 Å². The summed E-state index contributed by atoms with van der Waals surface area (Å²) in [6.07, 6.45) is 2.62. The van der Waals surface area contributed by atoms with Crippen LogP contribution in [0, 0.1) is 0 Å². The summed E-state index contributed by atoms with van der Waals surface area (Å²) in [6.45, 7) is 2.17. The Hall–Kier alpha value is -1.26. The summed E-state index contributed by atoms with van der Waals surface area (Å²) < 4.78 is 0. The number of likely N-dealkylation sites (tertiary alicyclic amines) is 1. The fourth-order valence-electron chi connectivity index (χ4n) is 1.82. The van der Waals surface area contributed by atoms with E-state index in [0.717, 1.165) is 19.5 Å². The number of nitrogens with zero attached hydrogens (tertiary/aromatic N) is 2. The van der Waals surface area contributed by atoms with Crippen LogP contribution in [-0.2, 0) is 0 Å². The summed E-state index contributed by atoms with van der Waals surface area (Å²) in [5, 5.41) is 0. The highest BCUT2D eigenvalue weighted by Crippen LogP contribution is 2.07. The molecule has 0 saturated carbocycles. The van der Waals surface area contributed by atoms with Gasteiger partial charge in [-0.05, 0) is 18.6 Å². The molecule has 0 aliphatic carbocycles. The van der Waals surface area contributed by atoms with Crippen molar-refractivity contribution in [3.8, 4) is 0 Å². The van der Waals surface area contributed by atoms with Gasteiger partial charge in [-0.3, -0.25) is 14.7 Å². The van der Waals surface area contributed by atoms with E-state index in [1.54, 1.807) is 12.3 Å². The summed E-state index contributed by atoms with van der Waals surface area (Å²) >= 11 is 0. The van der Waals surface area contributed by atoms with E-state index >= 15 is 0 Å². The molecule has 1 aliphatic heterocycles. The lowest BCUT2D eigenvalue weighted by Crippen LogP contribution is -2.31. The molecule has 1 atom stereocenters. The van der Waals surface area contributed by atoms with Crippen molar-refractivity contribution in [2.24, 2.45) is 5.73 Å². The number of carbonyl (C=O) groups is 1. The van der Waals surface area contributed by atoms with Crippen LogP contribution >= 0.6 is 0 Å². The van der Waals surface area contributed by atoms with Gasteiger partial charge in [0.2, 0.25) is 0 Å². The zero-order valence-corrected chi connectivity index (χ0v) is 8.60. The number of hydrogen-bond donors (Lipinski definition) is 1. The average Bonchev–Trinajstić information content (AvgIpc) is 2.65. The third-order valence-corrected chi connectivity index (χ3v) is 2.63. The number of rotatable bonds is 3. The van der Waals surface area contributed by atoms with Crippen molar-refractivity contribution >= 4 is 5.78 Å². The summed E-state index contributed by atoms with van der Waals surface area (Å²) in [6, 6.07) is 5.61. The van der Waals surface area contributed by atoms with E-state index in [1.165, 1.54) is 0 Å². The summed E-state index contributed by atoms with van der Waals surface area (Å²) in [5.41, 5.74) is 6.31. The SMILES string of the molecule is N[C@H]1CCN(CC(=O)c2ccccn2)C1. The zero-order chi connectivity index (χ0) is 10.7. The molecule has 1 saturated heterocycles. The fraction of sp³-hybridized carbons (Fsp3) is 0.455. The predicted molar refractivity (Wildman–Crippen MR) is 57.6 cm³/mol. The van der Waals surface area contributed by atoms with Gasteiger partial charge in [0.15, 0.2) is 5.78 Å². The molecular formula is C11H15N3O. The second-order valence-corrected chi connectivity index (χ2v) is 3.92. The van der Waals surface area contributed by atoms with E-state index in [4.69, 9.17) is 5.73 Å². The van der Waals surface area contributed by atoms with Gasteiger partial charge in [-0.2, -0.15) is 0 Å². The first-order valence-corrected chi connectivity index (χ1v) is 5.18. The zero-order valence-electron chi connectivity index (χ0n) is 8.60. The molecule has 2 rings (SSSR count). The van der Waals surface area contributed by atoms with Crippen molar-refractivity contribution in [3.05, 3.63) is 30.1 Å². The van der Waals surface area contributed by atoms with Crippen molar-refractivity contribution < 1.29 is 4.79 Å². The van der Waals surface area contributed by atoms with Crippen LogP contribution < -0.4 is 5.73 Å². The normalized spacial score (nSPS) is 21.8. The monoisotopic (exact) mass is 205 g/mol. The quantitative estimate of drug-likeness (QED) is 0.721. The predicted octanol–water partition coefficient (Wildman–Crippen LogP) is 0.297. The molecule has 15 heavy (non-hydrogen) atoms. The Morgan fingerprint density at radius 2 is 2.47 bits per heavy atom. The van der Waals surface area contributed by atoms with Crippen molar-refractivity contribution in [1.29, 1.82) is 0 Å². The standard InChI is InChI=1S/C11H15N3O/c12-9-4-6-14(7-9)8-11(15)10-3-1-2-5-13-10/h1-3,5,9H,4,6-8,12H2/t9-/m0/s1. The molecule has 0 spiro atoms. The van der Waals surface area contributed by atoms with Gasteiger partial charge in [-0.25, -0.2) is 0 Å². The van der Waals surface area contributed by atoms with Crippen molar-refractivity contribution in [2.75, 3.05) is 19.6 Å². The molecule has 4 heteroatoms. The minimum absolute atomic E-state index is 0.0738. The van der Waals surface area contributed by atoms with E-state index in [-0.39, 0.29) is 11.8 Å². The van der Waals surface area contributed by atoms with Crippen molar-refractivity contribution in [1.82, 2.24) is 9.88 Å². The maximum atomic E-state index is 11.8. The van der Waals surface area contributed by atoms with Crippen LogP contribution in [0.1, 0.15) is 16.9 Å². The third kappa shape index (κ3) is 2.61. The highest BCUT2D eigenvalue weighted by atomic mass is 16.1. The average molecular weight is 205 g/mol. The van der Waals surface area contributed by atoms with E-state index in [9.17, 15) is 4.79 Å². The van der Waals surface area contributed by atoms with Gasteiger partial charge < -0.3 is 5.73 Å². The lowest BCUT2D eigenvalue weighted by molar-refractivity contribution is 0.0940. The minimum Gasteiger partial charge on any atom is -0.326 e. The number of pyridine rings is 1. The molecule has 1 aliphatic rings. The lowest BCUT2D eigenvalue weighted by atomic mass is 10.2. The molecule has 1 fully saturated rings. The van der Waals surface area contributed by atoms with Crippen LogP contribution in [0.4, 0.5) is 0 Å². The van der Waals surface area contributed by atoms with Gasteiger partial charge in [0, 0.05) is 25.3 Å². The van der Waals surface area contributed by atoms with Crippen LogP contribution in [0.15, 0.2) is 24.4 Å². The third-order valence-electron chi connectivity index (χ3n) is 2.63. The number of hydrogen-bond acceptors (Lipinski definition) is 4. The number of ketones is 1. The van der Waals surface area contributed by atoms with E-state index in [1.807, 2.05) is 12.1 Å². The minimum atomic E-state index is 0.0738. The molecule has 0 amide bonds.